The third kappa shape index (κ3) is 10.2. The minimum Gasteiger partial charge on any atom is -0.497 e. The number of carbonyl (C=O) groups excluding carboxylic acids is 2. The van der Waals surface area contributed by atoms with Gasteiger partial charge in [0.05, 0.1) is 45.1 Å². The van der Waals surface area contributed by atoms with Crippen molar-refractivity contribution in [3.63, 3.8) is 0 Å². The summed E-state index contributed by atoms with van der Waals surface area (Å²) in [6.07, 6.45) is 3.33. The standard InChI is InChI=1S/C27H44N2O8/c1-10-16-27(6,35-9)24(28-25(31)37-26(3,4)5)21(14-15-23(30)36-11-2)29(32)18-19-12-13-20(33-7)17-22(19)34-8/h12-15,17,21,24,32H,10-11,16,18H2,1-9H3,(H,28,31)/b15-14-/t21-,24-,27+/m1/s1. The summed E-state index contributed by atoms with van der Waals surface area (Å²) in [7, 11) is 4.61. The van der Waals surface area contributed by atoms with Crippen molar-refractivity contribution in [1.29, 1.82) is 0 Å². The second kappa shape index (κ2) is 14.8. The molecule has 10 heteroatoms. The predicted molar refractivity (Wildman–Crippen MR) is 140 cm³/mol. The zero-order valence-electron chi connectivity index (χ0n) is 23.6. The zero-order chi connectivity index (χ0) is 28.2. The van der Waals surface area contributed by atoms with Gasteiger partial charge >= 0.3 is 12.1 Å². The fraction of sp³-hybridized carbons (Fsp3) is 0.630. The van der Waals surface area contributed by atoms with E-state index in [-0.39, 0.29) is 13.2 Å². The molecule has 0 aliphatic heterocycles. The fourth-order valence-corrected chi connectivity index (χ4v) is 3.93. The van der Waals surface area contributed by atoms with Crippen LogP contribution in [0.4, 0.5) is 4.79 Å². The molecule has 10 nitrogen and oxygen atoms in total. The van der Waals surface area contributed by atoms with Crippen molar-refractivity contribution in [1.82, 2.24) is 10.4 Å². The van der Waals surface area contributed by atoms with Gasteiger partial charge in [-0.25, -0.2) is 9.59 Å². The van der Waals surface area contributed by atoms with E-state index in [1.165, 1.54) is 19.3 Å². The molecule has 0 heterocycles. The molecule has 0 aliphatic rings. The lowest BCUT2D eigenvalue weighted by atomic mass is 9.85. The number of benzene rings is 1. The maximum Gasteiger partial charge on any atom is 0.408 e. The number of rotatable bonds is 14. The van der Waals surface area contributed by atoms with Crippen molar-refractivity contribution < 1.29 is 38.5 Å². The highest BCUT2D eigenvalue weighted by molar-refractivity contribution is 5.82. The van der Waals surface area contributed by atoms with Crippen LogP contribution in [0.2, 0.25) is 0 Å². The van der Waals surface area contributed by atoms with Crippen LogP contribution in [0.1, 0.15) is 59.9 Å². The van der Waals surface area contributed by atoms with E-state index in [0.717, 1.165) is 11.5 Å². The molecule has 0 aromatic heterocycles. The average molecular weight is 525 g/mol. The van der Waals surface area contributed by atoms with Gasteiger partial charge in [0.25, 0.3) is 0 Å². The highest BCUT2D eigenvalue weighted by atomic mass is 16.6. The van der Waals surface area contributed by atoms with E-state index in [9.17, 15) is 14.8 Å². The summed E-state index contributed by atoms with van der Waals surface area (Å²) >= 11 is 0. The molecular weight excluding hydrogens is 480 g/mol. The van der Waals surface area contributed by atoms with Crippen molar-refractivity contribution in [2.24, 2.45) is 0 Å². The summed E-state index contributed by atoms with van der Waals surface area (Å²) in [5, 5.41) is 15.3. The van der Waals surface area contributed by atoms with Crippen LogP contribution >= 0.6 is 0 Å². The Kier molecular flexibility index (Phi) is 12.9. The molecule has 3 atom stereocenters. The normalized spacial score (nSPS) is 15.1. The number of hydroxylamine groups is 2. The molecule has 1 rings (SSSR count). The Labute approximate surface area is 220 Å². The van der Waals surface area contributed by atoms with E-state index >= 15 is 0 Å². The van der Waals surface area contributed by atoms with E-state index in [0.29, 0.717) is 23.5 Å². The molecule has 0 radical (unpaired) electrons. The summed E-state index contributed by atoms with van der Waals surface area (Å²) in [5.74, 6) is 0.531. The first-order chi connectivity index (χ1) is 17.3. The van der Waals surface area contributed by atoms with Crippen LogP contribution in [0.5, 0.6) is 11.5 Å². The number of hydrogen-bond acceptors (Lipinski definition) is 9. The molecule has 2 N–H and O–H groups in total. The van der Waals surface area contributed by atoms with Gasteiger partial charge in [-0.05, 0) is 47.1 Å². The van der Waals surface area contributed by atoms with Crippen molar-refractivity contribution in [3.8, 4) is 11.5 Å². The fourth-order valence-electron chi connectivity index (χ4n) is 3.93. The van der Waals surface area contributed by atoms with Gasteiger partial charge < -0.3 is 34.2 Å². The molecule has 1 aromatic carbocycles. The van der Waals surface area contributed by atoms with Gasteiger partial charge in [-0.1, -0.05) is 25.5 Å². The third-order valence-corrected chi connectivity index (χ3v) is 5.77. The number of esters is 1. The summed E-state index contributed by atoms with van der Waals surface area (Å²) < 4.78 is 27.2. The maximum atomic E-state index is 12.9. The summed E-state index contributed by atoms with van der Waals surface area (Å²) in [4.78, 5) is 25.1. The van der Waals surface area contributed by atoms with Gasteiger partial charge in [0.2, 0.25) is 0 Å². The monoisotopic (exact) mass is 524 g/mol. The van der Waals surface area contributed by atoms with E-state index in [1.807, 2.05) is 13.8 Å². The number of amides is 1. The number of ether oxygens (including phenoxy) is 5. The molecule has 37 heavy (non-hydrogen) atoms. The first-order valence-corrected chi connectivity index (χ1v) is 12.4. The summed E-state index contributed by atoms with van der Waals surface area (Å²) in [6, 6.07) is 3.49. The molecule has 0 spiro atoms. The second-order valence-corrected chi connectivity index (χ2v) is 9.77. The lowest BCUT2D eigenvalue weighted by Gasteiger charge is -2.42. The lowest BCUT2D eigenvalue weighted by molar-refractivity contribution is -0.154. The molecule has 0 aliphatic carbocycles. The zero-order valence-corrected chi connectivity index (χ0v) is 23.6. The minimum absolute atomic E-state index is 0.00339. The van der Waals surface area contributed by atoms with Gasteiger partial charge in [0, 0.05) is 24.8 Å². The lowest BCUT2D eigenvalue weighted by Crippen LogP contribution is -2.62. The highest BCUT2D eigenvalue weighted by Gasteiger charge is 2.42. The molecule has 0 bridgehead atoms. The Bertz CT molecular complexity index is 899. The van der Waals surface area contributed by atoms with Crippen LogP contribution in [0, 0.1) is 0 Å². The van der Waals surface area contributed by atoms with Crippen molar-refractivity contribution >= 4 is 12.1 Å². The van der Waals surface area contributed by atoms with Gasteiger partial charge in [-0.2, -0.15) is 5.06 Å². The SMILES string of the molecule is CCC[C@](C)(OC)[C@H](NC(=O)OC(C)(C)C)[C@@H](/C=C\C(=O)OCC)N(O)Cc1ccc(OC)cc1OC. The average Bonchev–Trinajstić information content (AvgIpc) is 2.82. The predicted octanol–water partition coefficient (Wildman–Crippen LogP) is 4.48. The quantitative estimate of drug-likeness (QED) is 0.206. The number of nitrogens with zero attached hydrogens (tertiary/aromatic N) is 1. The Morgan fingerprint density at radius 1 is 1.11 bits per heavy atom. The Morgan fingerprint density at radius 2 is 1.78 bits per heavy atom. The molecular formula is C27H44N2O8. The molecule has 0 saturated heterocycles. The van der Waals surface area contributed by atoms with E-state index in [1.54, 1.807) is 60.1 Å². The van der Waals surface area contributed by atoms with Crippen molar-refractivity contribution in [3.05, 3.63) is 35.9 Å². The number of nitrogens with one attached hydrogen (secondary N) is 1. The first-order valence-electron chi connectivity index (χ1n) is 12.4. The van der Waals surface area contributed by atoms with E-state index in [4.69, 9.17) is 23.7 Å². The highest BCUT2D eigenvalue weighted by Crippen LogP contribution is 2.30. The van der Waals surface area contributed by atoms with Gasteiger partial charge in [0.15, 0.2) is 0 Å². The van der Waals surface area contributed by atoms with Gasteiger partial charge in [-0.15, -0.1) is 0 Å². The number of methoxy groups -OCH3 is 3. The molecule has 210 valence electrons. The van der Waals surface area contributed by atoms with Crippen LogP contribution in [-0.4, -0.2) is 73.6 Å². The van der Waals surface area contributed by atoms with Crippen LogP contribution in [0.15, 0.2) is 30.4 Å². The molecule has 0 saturated carbocycles. The largest absolute Gasteiger partial charge is 0.497 e. The van der Waals surface area contributed by atoms with Crippen molar-refractivity contribution in [2.45, 2.75) is 84.2 Å². The maximum absolute atomic E-state index is 12.9. The smallest absolute Gasteiger partial charge is 0.408 e. The van der Waals surface area contributed by atoms with Gasteiger partial charge in [0.1, 0.15) is 17.1 Å². The van der Waals surface area contributed by atoms with E-state index in [2.05, 4.69) is 5.32 Å². The molecule has 0 unspecified atom stereocenters. The summed E-state index contributed by atoms with van der Waals surface area (Å²) in [5.41, 5.74) is -1.01. The third-order valence-electron chi connectivity index (χ3n) is 5.77. The topological polar surface area (TPSA) is 116 Å². The summed E-state index contributed by atoms with van der Waals surface area (Å²) in [6.45, 7) is 11.0. The number of alkyl carbamates (subject to hydrolysis) is 1. The number of hydrogen-bond donors (Lipinski definition) is 2. The Morgan fingerprint density at radius 3 is 2.30 bits per heavy atom. The van der Waals surface area contributed by atoms with Crippen LogP contribution in [0.25, 0.3) is 0 Å². The van der Waals surface area contributed by atoms with Gasteiger partial charge in [-0.3, -0.25) is 0 Å². The van der Waals surface area contributed by atoms with Crippen LogP contribution in [-0.2, 0) is 25.5 Å². The van der Waals surface area contributed by atoms with Crippen LogP contribution < -0.4 is 14.8 Å². The van der Waals surface area contributed by atoms with Crippen LogP contribution in [0.3, 0.4) is 0 Å². The van der Waals surface area contributed by atoms with E-state index < -0.39 is 35.3 Å². The number of carbonyl (C=O) groups is 2. The Balaban J connectivity index is 3.54. The first kappa shape index (κ1) is 32.2. The molecule has 0 fully saturated rings. The molecule has 1 aromatic rings. The Hall–Kier alpha value is -2.82. The second-order valence-electron chi connectivity index (χ2n) is 9.77. The minimum atomic E-state index is -0.930. The molecule has 1 amide bonds. The van der Waals surface area contributed by atoms with Crippen molar-refractivity contribution in [2.75, 3.05) is 27.9 Å².